The van der Waals surface area contributed by atoms with E-state index in [0.717, 1.165) is 0 Å². The maximum Gasteiger partial charge on any atom is 0.490 e. The van der Waals surface area contributed by atoms with Gasteiger partial charge in [-0.05, 0) is 30.7 Å². The van der Waals surface area contributed by atoms with Crippen LogP contribution in [-0.4, -0.2) is 103 Å². The van der Waals surface area contributed by atoms with E-state index in [1.54, 1.807) is 6.92 Å². The lowest BCUT2D eigenvalue weighted by Gasteiger charge is -2.22. The van der Waals surface area contributed by atoms with Crippen LogP contribution in [-0.2, 0) is 50.6 Å². The highest BCUT2D eigenvalue weighted by atomic mass is 31.3. The summed E-state index contributed by atoms with van der Waals surface area (Å²) in [5, 5.41) is 2.64. The van der Waals surface area contributed by atoms with Crippen molar-refractivity contribution >= 4 is 58.0 Å². The molecule has 4 rings (SSSR count). The van der Waals surface area contributed by atoms with Crippen LogP contribution in [0, 0.1) is 0 Å². The average Bonchev–Trinajstić information content (AvgIpc) is 3.64. The number of aromatic nitrogens is 4. The molecule has 24 nitrogen and oxygen atoms in total. The van der Waals surface area contributed by atoms with Crippen molar-refractivity contribution < 1.29 is 75.0 Å². The number of nitrogen functional groups attached to an aromatic ring is 1. The summed E-state index contributed by atoms with van der Waals surface area (Å²) < 4.78 is 71.1. The number of nitrogens with one attached hydrogen (secondary N) is 1. The Kier molecular flexibility index (Phi) is 14.1. The molecule has 1 aromatic carbocycles. The van der Waals surface area contributed by atoms with Crippen LogP contribution < -0.4 is 22.5 Å². The molecule has 0 aliphatic carbocycles. The van der Waals surface area contributed by atoms with Crippen LogP contribution >= 0.6 is 23.5 Å². The SMILES string of the molecule is CC(N)c1cc(NC(=O)COCCOCCN)ccc1C(=O)O[C@@H]1C[C@H](n2cnc3c(N)ncnc32)OC1COP(=O)(O)OP(=O)(O)OP(=O)(O)O. The first-order valence-corrected chi connectivity index (χ1v) is 19.5. The molecule has 2 aromatic heterocycles. The summed E-state index contributed by atoms with van der Waals surface area (Å²) in [6.07, 6.45) is -1.30. The third-order valence-corrected chi connectivity index (χ3v) is 10.7. The Balaban J connectivity index is 1.51. The van der Waals surface area contributed by atoms with Crippen molar-refractivity contribution in [2.75, 3.05) is 50.6 Å². The van der Waals surface area contributed by atoms with Crippen molar-refractivity contribution in [1.82, 2.24) is 19.5 Å². The molecule has 27 heteroatoms. The van der Waals surface area contributed by atoms with Gasteiger partial charge in [-0.15, -0.1) is 0 Å². The molecule has 0 spiro atoms. The van der Waals surface area contributed by atoms with Crippen LogP contribution in [0.15, 0.2) is 30.9 Å². The van der Waals surface area contributed by atoms with E-state index in [1.165, 1.54) is 35.4 Å². The van der Waals surface area contributed by atoms with Crippen molar-refractivity contribution in [1.29, 1.82) is 0 Å². The Bertz CT molecular complexity index is 1880. The van der Waals surface area contributed by atoms with Gasteiger partial charge in [0, 0.05) is 24.7 Å². The number of phosphoric ester groups is 1. The Labute approximate surface area is 294 Å². The Morgan fingerprint density at radius 3 is 2.48 bits per heavy atom. The molecule has 0 radical (unpaired) electrons. The second kappa shape index (κ2) is 17.7. The number of carbonyl (C=O) groups is 2. The normalized spacial score (nSPS) is 20.6. The molecule has 1 saturated heterocycles. The maximum atomic E-state index is 13.6. The lowest BCUT2D eigenvalue weighted by molar-refractivity contribution is -0.121. The van der Waals surface area contributed by atoms with E-state index in [4.69, 9.17) is 50.5 Å². The van der Waals surface area contributed by atoms with Crippen molar-refractivity contribution in [3.8, 4) is 0 Å². The molecule has 288 valence electrons. The van der Waals surface area contributed by atoms with Crippen LogP contribution in [0.5, 0.6) is 0 Å². The number of benzene rings is 1. The molecule has 0 bridgehead atoms. The quantitative estimate of drug-likeness (QED) is 0.0456. The monoisotopic (exact) mass is 798 g/mol. The molecule has 1 fully saturated rings. The van der Waals surface area contributed by atoms with E-state index >= 15 is 0 Å². The molecule has 4 unspecified atom stereocenters. The second-order valence-corrected chi connectivity index (χ2v) is 15.3. The number of carbonyl (C=O) groups excluding carboxylic acids is 2. The fraction of sp³-hybridized carbons (Fsp3) is 0.480. The third kappa shape index (κ3) is 11.9. The van der Waals surface area contributed by atoms with Crippen LogP contribution in [0.2, 0.25) is 0 Å². The van der Waals surface area contributed by atoms with Crippen molar-refractivity contribution in [2.45, 2.75) is 37.8 Å². The molecule has 3 aromatic rings. The van der Waals surface area contributed by atoms with Gasteiger partial charge in [0.2, 0.25) is 5.91 Å². The van der Waals surface area contributed by atoms with Crippen LogP contribution in [0.4, 0.5) is 11.5 Å². The van der Waals surface area contributed by atoms with Gasteiger partial charge in [0.05, 0.1) is 38.3 Å². The van der Waals surface area contributed by atoms with Crippen molar-refractivity contribution in [3.63, 3.8) is 0 Å². The van der Waals surface area contributed by atoms with Crippen LogP contribution in [0.25, 0.3) is 11.2 Å². The summed E-state index contributed by atoms with van der Waals surface area (Å²) in [7, 11) is -17.0. The number of phosphoric acid groups is 3. The van der Waals surface area contributed by atoms with Gasteiger partial charge in [0.1, 0.15) is 36.9 Å². The highest BCUT2D eigenvalue weighted by molar-refractivity contribution is 7.66. The van der Waals surface area contributed by atoms with E-state index in [2.05, 4.69) is 28.9 Å². The number of esters is 1. The highest BCUT2D eigenvalue weighted by Crippen LogP contribution is 2.66. The average molecular weight is 799 g/mol. The minimum Gasteiger partial charge on any atom is -0.456 e. The van der Waals surface area contributed by atoms with E-state index in [9.17, 15) is 33.1 Å². The largest absolute Gasteiger partial charge is 0.490 e. The number of nitrogens with zero attached hydrogens (tertiary/aromatic N) is 4. The zero-order valence-corrected chi connectivity index (χ0v) is 29.9. The first-order valence-electron chi connectivity index (χ1n) is 15.0. The molecular formula is C25H37N8O16P3. The number of hydrogen-bond donors (Lipinski definition) is 8. The minimum atomic E-state index is -5.82. The number of amides is 1. The zero-order valence-electron chi connectivity index (χ0n) is 27.2. The second-order valence-electron chi connectivity index (χ2n) is 10.9. The summed E-state index contributed by atoms with van der Waals surface area (Å²) >= 11 is 0. The summed E-state index contributed by atoms with van der Waals surface area (Å²) in [4.78, 5) is 75.2. The van der Waals surface area contributed by atoms with Gasteiger partial charge >= 0.3 is 29.4 Å². The molecule has 6 atom stereocenters. The van der Waals surface area contributed by atoms with Gasteiger partial charge in [-0.3, -0.25) is 13.9 Å². The van der Waals surface area contributed by atoms with Crippen molar-refractivity contribution in [3.05, 3.63) is 42.0 Å². The van der Waals surface area contributed by atoms with E-state index in [-0.39, 0.29) is 54.4 Å². The van der Waals surface area contributed by atoms with Crippen molar-refractivity contribution in [2.24, 2.45) is 11.5 Å². The molecule has 52 heavy (non-hydrogen) atoms. The van der Waals surface area contributed by atoms with Gasteiger partial charge in [0.15, 0.2) is 11.5 Å². The summed E-state index contributed by atoms with van der Waals surface area (Å²) in [5.41, 5.74) is 18.3. The Hall–Kier alpha value is -3.28. The van der Waals surface area contributed by atoms with Gasteiger partial charge in [-0.2, -0.15) is 8.62 Å². The molecule has 11 N–H and O–H groups in total. The first-order chi connectivity index (χ1) is 24.4. The number of rotatable bonds is 19. The van der Waals surface area contributed by atoms with Gasteiger partial charge in [-0.25, -0.2) is 33.4 Å². The van der Waals surface area contributed by atoms with Gasteiger partial charge in [0.25, 0.3) is 0 Å². The third-order valence-electron chi connectivity index (χ3n) is 6.87. The van der Waals surface area contributed by atoms with E-state index in [0.29, 0.717) is 18.8 Å². The molecule has 1 aliphatic heterocycles. The minimum absolute atomic E-state index is 0.00928. The predicted molar refractivity (Wildman–Crippen MR) is 176 cm³/mol. The number of nitrogens with two attached hydrogens (primary N) is 3. The number of imidazole rings is 1. The molecule has 1 aliphatic rings. The lowest BCUT2D eigenvalue weighted by Crippen LogP contribution is -2.31. The van der Waals surface area contributed by atoms with Crippen LogP contribution in [0.3, 0.4) is 0 Å². The molecule has 0 saturated carbocycles. The number of fused-ring (bicyclic) bond motifs is 1. The Morgan fingerprint density at radius 1 is 1.06 bits per heavy atom. The summed E-state index contributed by atoms with van der Waals surface area (Å²) in [6, 6.07) is 3.50. The smallest absolute Gasteiger partial charge is 0.456 e. The number of ether oxygens (including phenoxy) is 4. The summed E-state index contributed by atoms with van der Waals surface area (Å²) in [5.74, 6) is -1.36. The predicted octanol–water partition coefficient (Wildman–Crippen LogP) is 0.215. The lowest BCUT2D eigenvalue weighted by atomic mass is 10.0. The summed E-state index contributed by atoms with van der Waals surface area (Å²) in [6.45, 7) is 1.49. The first kappa shape index (κ1) is 41.5. The molecular weight excluding hydrogens is 761 g/mol. The maximum absolute atomic E-state index is 13.6. The standard InChI is InChI=1S/C25H37N8O16P3/c1-14(27)17-8-15(32-20(34)11-44-7-6-43-5-4-26)2-3-16(17)25(35)47-18-9-21(33-13-31-22-23(28)29-12-30-24(22)33)46-19(18)10-45-51(39,40)49-52(41,42)48-50(36,37)38/h2-3,8,12-14,18-19,21H,4-7,9-11,26-27H2,1H3,(H,32,34)(H,39,40)(H,41,42)(H2,28,29,30)(H2,36,37,38)/t14?,18-,19?,21-/m1/s1. The van der Waals surface area contributed by atoms with Gasteiger partial charge in [-0.1, -0.05) is 0 Å². The number of anilines is 2. The van der Waals surface area contributed by atoms with Gasteiger partial charge < -0.3 is 61.0 Å². The van der Waals surface area contributed by atoms with E-state index < -0.39 is 66.4 Å². The fourth-order valence-electron chi connectivity index (χ4n) is 4.77. The highest BCUT2D eigenvalue weighted by Gasteiger charge is 2.44. The van der Waals surface area contributed by atoms with E-state index in [1.807, 2.05) is 0 Å². The Morgan fingerprint density at radius 2 is 1.79 bits per heavy atom. The topological polar surface area (TPSA) is 365 Å². The molecule has 1 amide bonds. The van der Waals surface area contributed by atoms with Crippen LogP contribution in [0.1, 0.15) is 41.5 Å². The fourth-order valence-corrected chi connectivity index (χ4v) is 7.80. The molecule has 3 heterocycles. The number of hydrogen-bond acceptors (Lipinski definition) is 18. The zero-order chi connectivity index (χ0) is 38.3.